The molecule has 0 saturated carbocycles. The van der Waals surface area contributed by atoms with Gasteiger partial charge in [0.05, 0.1) is 6.04 Å². The van der Waals surface area contributed by atoms with E-state index in [1.165, 1.54) is 31.5 Å². The SMILES string of the molecule is C[C@@H](NC(=O)NCc1cccc(CN2CCCC2)c1)c1nncn1C. The van der Waals surface area contributed by atoms with Crippen LogP contribution in [0.5, 0.6) is 0 Å². The Morgan fingerprint density at radius 1 is 1.28 bits per heavy atom. The predicted octanol–water partition coefficient (Wildman–Crippen LogP) is 1.97. The molecular weight excluding hydrogens is 316 g/mol. The molecule has 2 amide bonds. The van der Waals surface area contributed by atoms with E-state index < -0.39 is 0 Å². The molecule has 0 bridgehead atoms. The van der Waals surface area contributed by atoms with Crippen LogP contribution in [0.1, 0.15) is 42.8 Å². The van der Waals surface area contributed by atoms with Crippen molar-refractivity contribution in [2.75, 3.05) is 13.1 Å². The van der Waals surface area contributed by atoms with Crippen LogP contribution >= 0.6 is 0 Å². The van der Waals surface area contributed by atoms with Crippen molar-refractivity contribution >= 4 is 6.03 Å². The van der Waals surface area contributed by atoms with E-state index >= 15 is 0 Å². The minimum Gasteiger partial charge on any atom is -0.334 e. The van der Waals surface area contributed by atoms with Crippen molar-refractivity contribution in [3.8, 4) is 0 Å². The Bertz CT molecular complexity index is 707. The Labute approximate surface area is 148 Å². The van der Waals surface area contributed by atoms with E-state index in [-0.39, 0.29) is 12.1 Å². The summed E-state index contributed by atoms with van der Waals surface area (Å²) in [6, 6.07) is 8.01. The second-order valence-corrected chi connectivity index (χ2v) is 6.65. The zero-order valence-corrected chi connectivity index (χ0v) is 14.9. The molecule has 1 atom stereocenters. The van der Waals surface area contributed by atoms with Crippen LogP contribution in [0.25, 0.3) is 0 Å². The van der Waals surface area contributed by atoms with Crippen LogP contribution in [0.4, 0.5) is 4.79 Å². The number of carbonyl (C=O) groups is 1. The molecule has 0 spiro atoms. The molecule has 2 aromatic rings. The first kappa shape index (κ1) is 17.4. The van der Waals surface area contributed by atoms with Crippen LogP contribution in [0.15, 0.2) is 30.6 Å². The number of hydrogen-bond donors (Lipinski definition) is 2. The van der Waals surface area contributed by atoms with Gasteiger partial charge in [0.1, 0.15) is 6.33 Å². The lowest BCUT2D eigenvalue weighted by molar-refractivity contribution is 0.237. The number of nitrogens with zero attached hydrogens (tertiary/aromatic N) is 4. The van der Waals surface area contributed by atoms with Crippen LogP contribution in [-0.4, -0.2) is 38.8 Å². The largest absolute Gasteiger partial charge is 0.334 e. The van der Waals surface area contributed by atoms with Crippen molar-refractivity contribution < 1.29 is 4.79 Å². The van der Waals surface area contributed by atoms with Crippen molar-refractivity contribution in [2.45, 2.75) is 38.9 Å². The first-order chi connectivity index (χ1) is 12.1. The number of aryl methyl sites for hydroxylation is 1. The summed E-state index contributed by atoms with van der Waals surface area (Å²) >= 11 is 0. The van der Waals surface area contributed by atoms with Crippen molar-refractivity contribution in [2.24, 2.45) is 7.05 Å². The van der Waals surface area contributed by atoms with E-state index in [9.17, 15) is 4.79 Å². The first-order valence-electron chi connectivity index (χ1n) is 8.80. The van der Waals surface area contributed by atoms with Gasteiger partial charge in [-0.2, -0.15) is 0 Å². The van der Waals surface area contributed by atoms with Crippen LogP contribution in [-0.2, 0) is 20.1 Å². The van der Waals surface area contributed by atoms with E-state index in [2.05, 4.69) is 43.9 Å². The summed E-state index contributed by atoms with van der Waals surface area (Å²) in [4.78, 5) is 14.6. The molecule has 1 aliphatic heterocycles. The average molecular weight is 342 g/mol. The molecule has 3 rings (SSSR count). The lowest BCUT2D eigenvalue weighted by atomic mass is 10.1. The summed E-state index contributed by atoms with van der Waals surface area (Å²) in [5, 5.41) is 13.6. The molecular formula is C18H26N6O. The predicted molar refractivity (Wildman–Crippen MR) is 95.7 cm³/mol. The molecule has 7 nitrogen and oxygen atoms in total. The standard InChI is InChI=1S/C18H26N6O/c1-14(17-22-20-13-23(17)2)21-18(25)19-11-15-6-5-7-16(10-15)12-24-8-3-4-9-24/h5-7,10,13-14H,3-4,8-9,11-12H2,1-2H3,(H2,19,21,25)/t14-/m1/s1. The van der Waals surface area contributed by atoms with Gasteiger partial charge in [0, 0.05) is 20.1 Å². The molecule has 1 fully saturated rings. The van der Waals surface area contributed by atoms with E-state index in [0.717, 1.165) is 17.9 Å². The number of carbonyl (C=O) groups excluding carboxylic acids is 1. The highest BCUT2D eigenvalue weighted by Gasteiger charge is 2.14. The van der Waals surface area contributed by atoms with Crippen LogP contribution in [0, 0.1) is 0 Å². The Hall–Kier alpha value is -2.41. The Morgan fingerprint density at radius 2 is 2.04 bits per heavy atom. The Balaban J connectivity index is 1.49. The third kappa shape index (κ3) is 4.79. The van der Waals surface area contributed by atoms with Crippen LogP contribution < -0.4 is 10.6 Å². The fourth-order valence-electron chi connectivity index (χ4n) is 3.22. The van der Waals surface area contributed by atoms with Gasteiger partial charge in [0.2, 0.25) is 0 Å². The van der Waals surface area contributed by atoms with E-state index in [1.54, 1.807) is 10.9 Å². The Morgan fingerprint density at radius 3 is 2.76 bits per heavy atom. The van der Waals surface area contributed by atoms with Gasteiger partial charge in [-0.15, -0.1) is 10.2 Å². The minimum atomic E-state index is -0.208. The van der Waals surface area contributed by atoms with Gasteiger partial charge in [-0.3, -0.25) is 4.90 Å². The van der Waals surface area contributed by atoms with Gasteiger partial charge >= 0.3 is 6.03 Å². The first-order valence-corrected chi connectivity index (χ1v) is 8.80. The second kappa shape index (κ2) is 8.11. The lowest BCUT2D eigenvalue weighted by Gasteiger charge is -2.16. The third-order valence-corrected chi connectivity index (χ3v) is 4.53. The van der Waals surface area contributed by atoms with Crippen molar-refractivity contribution in [1.29, 1.82) is 0 Å². The normalized spacial score (nSPS) is 15.9. The van der Waals surface area contributed by atoms with Crippen molar-refractivity contribution in [1.82, 2.24) is 30.3 Å². The lowest BCUT2D eigenvalue weighted by Crippen LogP contribution is -2.37. The van der Waals surface area contributed by atoms with Gasteiger partial charge < -0.3 is 15.2 Å². The molecule has 1 saturated heterocycles. The highest BCUT2D eigenvalue weighted by Crippen LogP contribution is 2.14. The molecule has 0 aliphatic carbocycles. The molecule has 7 heteroatoms. The maximum Gasteiger partial charge on any atom is 0.315 e. The topological polar surface area (TPSA) is 75.1 Å². The van der Waals surface area contributed by atoms with Crippen LogP contribution in [0.3, 0.4) is 0 Å². The van der Waals surface area contributed by atoms with E-state index in [0.29, 0.717) is 6.54 Å². The Kier molecular flexibility index (Phi) is 5.65. The summed E-state index contributed by atoms with van der Waals surface area (Å²) in [6.45, 7) is 5.75. The second-order valence-electron chi connectivity index (χ2n) is 6.65. The number of benzene rings is 1. The van der Waals surface area contributed by atoms with Gasteiger partial charge in [-0.1, -0.05) is 24.3 Å². The van der Waals surface area contributed by atoms with Gasteiger partial charge in [-0.25, -0.2) is 4.79 Å². The number of rotatable bonds is 6. The molecule has 1 aromatic carbocycles. The highest BCUT2D eigenvalue weighted by molar-refractivity contribution is 5.74. The molecule has 0 radical (unpaired) electrons. The molecule has 25 heavy (non-hydrogen) atoms. The molecule has 0 unspecified atom stereocenters. The summed E-state index contributed by atoms with van der Waals surface area (Å²) in [5.74, 6) is 0.725. The zero-order chi connectivity index (χ0) is 17.6. The van der Waals surface area contributed by atoms with E-state index in [1.807, 2.05) is 20.0 Å². The number of aromatic nitrogens is 3. The van der Waals surface area contributed by atoms with Crippen molar-refractivity contribution in [3.05, 3.63) is 47.5 Å². The zero-order valence-electron chi connectivity index (χ0n) is 14.9. The maximum atomic E-state index is 12.1. The minimum absolute atomic E-state index is 0.200. The van der Waals surface area contributed by atoms with Gasteiger partial charge in [0.15, 0.2) is 5.82 Å². The quantitative estimate of drug-likeness (QED) is 0.842. The van der Waals surface area contributed by atoms with Gasteiger partial charge in [-0.05, 0) is 44.0 Å². The highest BCUT2D eigenvalue weighted by atomic mass is 16.2. The average Bonchev–Trinajstić information content (AvgIpc) is 3.25. The number of nitrogens with one attached hydrogen (secondary N) is 2. The number of likely N-dealkylation sites (tertiary alicyclic amines) is 1. The maximum absolute atomic E-state index is 12.1. The number of hydrogen-bond acceptors (Lipinski definition) is 4. The molecule has 1 aromatic heterocycles. The summed E-state index contributed by atoms with van der Waals surface area (Å²) in [6.07, 6.45) is 4.22. The fourth-order valence-corrected chi connectivity index (χ4v) is 3.22. The fraction of sp³-hybridized carbons (Fsp3) is 0.500. The monoisotopic (exact) mass is 342 g/mol. The number of amides is 2. The summed E-state index contributed by atoms with van der Waals surface area (Å²) in [7, 11) is 1.86. The summed E-state index contributed by atoms with van der Waals surface area (Å²) < 4.78 is 1.80. The molecule has 2 heterocycles. The van der Waals surface area contributed by atoms with E-state index in [4.69, 9.17) is 0 Å². The molecule has 1 aliphatic rings. The van der Waals surface area contributed by atoms with Gasteiger partial charge in [0.25, 0.3) is 0 Å². The summed E-state index contributed by atoms with van der Waals surface area (Å²) in [5.41, 5.74) is 2.41. The smallest absolute Gasteiger partial charge is 0.315 e. The molecule has 134 valence electrons. The third-order valence-electron chi connectivity index (χ3n) is 4.53. The van der Waals surface area contributed by atoms with Crippen LogP contribution in [0.2, 0.25) is 0 Å². The molecule has 2 N–H and O–H groups in total. The van der Waals surface area contributed by atoms with Crippen molar-refractivity contribution in [3.63, 3.8) is 0 Å². The number of urea groups is 1.